The molecule has 34 heavy (non-hydrogen) atoms. The van der Waals surface area contributed by atoms with E-state index in [2.05, 4.69) is 5.32 Å². The van der Waals surface area contributed by atoms with Crippen LogP contribution in [0.25, 0.3) is 10.8 Å². The number of fused-ring (bicyclic) bond motifs is 3. The fourth-order valence-electron chi connectivity index (χ4n) is 5.46. The molecule has 2 aromatic rings. The standard InChI is InChI=1S/C24H26ClNO8/c1-8-4-13(27)16-11(22(8)34-15-6-14(28)23(32-3)9(2)33-15)5-10-17(20(16)29)21(30)18-12(19(10)25)7-26-24(18)31/h5,8-9,14-15,22-23,28-30H,4,6-7H2,1-3H3,(H,26,31). The monoisotopic (exact) mass is 491 g/mol. The van der Waals surface area contributed by atoms with Crippen molar-refractivity contribution in [3.05, 3.63) is 33.3 Å². The number of aliphatic hydroxyl groups is 1. The normalized spacial score (nSPS) is 30.9. The molecule has 1 saturated heterocycles. The van der Waals surface area contributed by atoms with Gasteiger partial charge in [-0.3, -0.25) is 9.59 Å². The Balaban J connectivity index is 1.62. The summed E-state index contributed by atoms with van der Waals surface area (Å²) in [7, 11) is 1.51. The number of phenolic OH excluding ortho intramolecular Hbond substituents is 2. The van der Waals surface area contributed by atoms with Crippen molar-refractivity contribution in [3.63, 3.8) is 0 Å². The van der Waals surface area contributed by atoms with Gasteiger partial charge in [0, 0.05) is 37.4 Å². The van der Waals surface area contributed by atoms with Crippen LogP contribution in [0.4, 0.5) is 0 Å². The van der Waals surface area contributed by atoms with E-state index in [1.54, 1.807) is 13.0 Å². The number of hydrogen-bond acceptors (Lipinski definition) is 8. The fraction of sp³-hybridized carbons (Fsp3) is 0.500. The highest BCUT2D eigenvalue weighted by atomic mass is 35.5. The van der Waals surface area contributed by atoms with Crippen molar-refractivity contribution in [1.29, 1.82) is 0 Å². The molecule has 6 atom stereocenters. The van der Waals surface area contributed by atoms with E-state index in [1.165, 1.54) is 7.11 Å². The van der Waals surface area contributed by atoms with Crippen LogP contribution in [-0.2, 0) is 20.8 Å². The minimum atomic E-state index is -0.789. The molecule has 1 aliphatic carbocycles. The first-order valence-electron chi connectivity index (χ1n) is 11.2. The summed E-state index contributed by atoms with van der Waals surface area (Å²) in [5, 5.41) is 35.5. The summed E-state index contributed by atoms with van der Waals surface area (Å²) in [6.45, 7) is 3.79. The molecule has 182 valence electrons. The molecule has 0 bridgehead atoms. The number of halogens is 1. The Morgan fingerprint density at radius 2 is 1.88 bits per heavy atom. The van der Waals surface area contributed by atoms with Crippen LogP contribution in [0.3, 0.4) is 0 Å². The number of amides is 1. The van der Waals surface area contributed by atoms with Gasteiger partial charge in [0.15, 0.2) is 12.1 Å². The third-order valence-electron chi connectivity index (χ3n) is 7.08. The van der Waals surface area contributed by atoms with E-state index in [9.17, 15) is 24.9 Å². The summed E-state index contributed by atoms with van der Waals surface area (Å²) in [6.07, 6.45) is -2.80. The highest BCUT2D eigenvalue weighted by molar-refractivity contribution is 6.38. The van der Waals surface area contributed by atoms with Gasteiger partial charge in [-0.25, -0.2) is 0 Å². The van der Waals surface area contributed by atoms with E-state index < -0.39 is 48.1 Å². The predicted molar refractivity (Wildman–Crippen MR) is 121 cm³/mol. The molecule has 4 N–H and O–H groups in total. The smallest absolute Gasteiger partial charge is 0.255 e. The van der Waals surface area contributed by atoms with Crippen molar-refractivity contribution in [3.8, 4) is 11.5 Å². The minimum Gasteiger partial charge on any atom is -0.506 e. The molecule has 2 heterocycles. The number of aromatic hydroxyl groups is 2. The Morgan fingerprint density at radius 1 is 1.18 bits per heavy atom. The summed E-state index contributed by atoms with van der Waals surface area (Å²) >= 11 is 6.61. The SMILES string of the molecule is COC1C(O)CC(OC2c3cc4c(Cl)c5c(c(O)c4c(O)c3C(=O)CC2C)C(=O)NC5)OC1C. The van der Waals surface area contributed by atoms with E-state index in [-0.39, 0.29) is 52.6 Å². The molecule has 6 unspecified atom stereocenters. The van der Waals surface area contributed by atoms with Crippen LogP contribution in [0.2, 0.25) is 5.02 Å². The number of Topliss-reactive ketones (excluding diaryl/α,β-unsaturated/α-hetero) is 1. The Kier molecular flexibility index (Phi) is 5.73. The summed E-state index contributed by atoms with van der Waals surface area (Å²) in [4.78, 5) is 25.2. The van der Waals surface area contributed by atoms with Crippen LogP contribution >= 0.6 is 11.6 Å². The summed E-state index contributed by atoms with van der Waals surface area (Å²) in [5.74, 6) is -1.90. The second-order valence-corrected chi connectivity index (χ2v) is 9.62. The molecule has 2 aromatic carbocycles. The van der Waals surface area contributed by atoms with E-state index in [0.29, 0.717) is 16.5 Å². The zero-order valence-electron chi connectivity index (χ0n) is 18.9. The maximum Gasteiger partial charge on any atom is 0.255 e. The number of phenols is 2. The molecule has 9 nitrogen and oxygen atoms in total. The largest absolute Gasteiger partial charge is 0.506 e. The van der Waals surface area contributed by atoms with Crippen molar-refractivity contribution < 1.29 is 39.1 Å². The van der Waals surface area contributed by atoms with Crippen LogP contribution in [-0.4, -0.2) is 58.7 Å². The Hall–Kier alpha value is -2.43. The van der Waals surface area contributed by atoms with Crippen LogP contribution < -0.4 is 5.32 Å². The predicted octanol–water partition coefficient (Wildman–Crippen LogP) is 2.94. The molecule has 10 heteroatoms. The second kappa shape index (κ2) is 8.35. The summed E-state index contributed by atoms with van der Waals surface area (Å²) < 4.78 is 17.5. The molecule has 0 spiro atoms. The van der Waals surface area contributed by atoms with Gasteiger partial charge < -0.3 is 34.8 Å². The number of ether oxygens (including phenoxy) is 3. The Labute approximate surface area is 200 Å². The third-order valence-corrected chi connectivity index (χ3v) is 7.52. The number of carbonyl (C=O) groups excluding carboxylic acids is 2. The first-order valence-corrected chi connectivity index (χ1v) is 11.6. The zero-order chi connectivity index (χ0) is 24.5. The van der Waals surface area contributed by atoms with Crippen LogP contribution in [0, 0.1) is 5.92 Å². The number of carbonyl (C=O) groups is 2. The number of rotatable bonds is 3. The average Bonchev–Trinajstić information content (AvgIpc) is 3.16. The lowest BCUT2D eigenvalue weighted by Crippen LogP contribution is -2.49. The fourth-order valence-corrected chi connectivity index (χ4v) is 5.77. The molecule has 5 rings (SSSR count). The third kappa shape index (κ3) is 3.37. The maximum atomic E-state index is 13.0. The molecule has 0 aromatic heterocycles. The zero-order valence-corrected chi connectivity index (χ0v) is 19.7. The number of methoxy groups -OCH3 is 1. The Morgan fingerprint density at radius 3 is 2.56 bits per heavy atom. The second-order valence-electron chi connectivity index (χ2n) is 9.25. The summed E-state index contributed by atoms with van der Waals surface area (Å²) in [5.41, 5.74) is 0.886. The first-order chi connectivity index (χ1) is 16.1. The Bertz CT molecular complexity index is 1200. The number of hydrogen-bond donors (Lipinski definition) is 4. The van der Waals surface area contributed by atoms with Crippen molar-refractivity contribution in [2.24, 2.45) is 5.92 Å². The van der Waals surface area contributed by atoms with Gasteiger partial charge in [-0.1, -0.05) is 18.5 Å². The lowest BCUT2D eigenvalue weighted by molar-refractivity contribution is -0.269. The number of nitrogens with one attached hydrogen (secondary N) is 1. The van der Waals surface area contributed by atoms with E-state index >= 15 is 0 Å². The molecular weight excluding hydrogens is 466 g/mol. The molecule has 2 aliphatic heterocycles. The maximum absolute atomic E-state index is 13.0. The van der Waals surface area contributed by atoms with Crippen molar-refractivity contribution in [2.75, 3.05) is 7.11 Å². The number of aliphatic hydroxyl groups excluding tert-OH is 1. The minimum absolute atomic E-state index is 0.00320. The molecule has 1 amide bonds. The summed E-state index contributed by atoms with van der Waals surface area (Å²) in [6, 6.07) is 1.63. The van der Waals surface area contributed by atoms with Crippen molar-refractivity contribution >= 4 is 34.1 Å². The average molecular weight is 492 g/mol. The molecule has 3 aliphatic rings. The van der Waals surface area contributed by atoms with Gasteiger partial charge in [0.1, 0.15) is 17.6 Å². The quantitative estimate of drug-likeness (QED) is 0.515. The highest BCUT2D eigenvalue weighted by Crippen LogP contribution is 2.50. The van der Waals surface area contributed by atoms with Crippen LogP contribution in [0.15, 0.2) is 6.07 Å². The molecular formula is C24H26ClNO8. The lowest BCUT2D eigenvalue weighted by Gasteiger charge is -2.40. The van der Waals surface area contributed by atoms with Crippen LogP contribution in [0.5, 0.6) is 11.5 Å². The van der Waals surface area contributed by atoms with Gasteiger partial charge in [-0.05, 0) is 24.5 Å². The van der Waals surface area contributed by atoms with Gasteiger partial charge in [0.2, 0.25) is 0 Å². The topological polar surface area (TPSA) is 135 Å². The van der Waals surface area contributed by atoms with Gasteiger partial charge in [0.25, 0.3) is 5.91 Å². The first kappa shape index (κ1) is 23.3. The van der Waals surface area contributed by atoms with Gasteiger partial charge >= 0.3 is 0 Å². The van der Waals surface area contributed by atoms with Gasteiger partial charge in [-0.2, -0.15) is 0 Å². The van der Waals surface area contributed by atoms with Crippen molar-refractivity contribution in [2.45, 2.75) is 63.9 Å². The lowest BCUT2D eigenvalue weighted by atomic mass is 9.79. The number of ketones is 1. The van der Waals surface area contributed by atoms with E-state index in [0.717, 1.165) is 0 Å². The molecule has 1 fully saturated rings. The molecule has 0 saturated carbocycles. The highest BCUT2D eigenvalue weighted by Gasteiger charge is 2.42. The van der Waals surface area contributed by atoms with Crippen molar-refractivity contribution in [1.82, 2.24) is 5.32 Å². The van der Waals surface area contributed by atoms with E-state index in [1.807, 2.05) is 6.92 Å². The molecule has 0 radical (unpaired) electrons. The van der Waals surface area contributed by atoms with Gasteiger partial charge in [0.05, 0.1) is 39.8 Å². The number of benzene rings is 2. The van der Waals surface area contributed by atoms with Gasteiger partial charge in [-0.15, -0.1) is 0 Å². The van der Waals surface area contributed by atoms with Crippen LogP contribution in [0.1, 0.15) is 64.6 Å². The van der Waals surface area contributed by atoms with E-state index in [4.69, 9.17) is 25.8 Å².